The molecule has 2 N–H and O–H groups in total. The first kappa shape index (κ1) is 25.7. The van der Waals surface area contributed by atoms with E-state index in [0.29, 0.717) is 30.8 Å². The van der Waals surface area contributed by atoms with E-state index in [1.54, 1.807) is 11.6 Å². The molecular weight excluding hydrogens is 474 g/mol. The number of carbonyl (C=O) groups is 1. The van der Waals surface area contributed by atoms with Crippen LogP contribution in [-0.4, -0.2) is 52.7 Å². The zero-order valence-electron chi connectivity index (χ0n) is 19.3. The van der Waals surface area contributed by atoms with Crippen molar-refractivity contribution in [2.24, 2.45) is 14.1 Å². The van der Waals surface area contributed by atoms with Crippen molar-refractivity contribution >= 4 is 29.4 Å². The van der Waals surface area contributed by atoms with Crippen LogP contribution < -0.4 is 11.2 Å². The van der Waals surface area contributed by atoms with Crippen LogP contribution in [0.15, 0.2) is 64.4 Å². The highest BCUT2D eigenvalue weighted by atomic mass is 35.5. The second kappa shape index (κ2) is 10.6. The number of carbonyl (C=O) groups excluding carboxylic acids is 1. The average Bonchev–Trinajstić information content (AvgIpc) is 3.26. The number of benzene rings is 2. The molecule has 0 radical (unpaired) electrons. The Labute approximate surface area is 206 Å². The largest absolute Gasteiger partial charge is 0.504 e. The lowest BCUT2D eigenvalue weighted by atomic mass is 10.1. The van der Waals surface area contributed by atoms with Crippen LogP contribution in [0.1, 0.15) is 15.9 Å². The molecule has 4 aromatic rings. The maximum absolute atomic E-state index is 12.9. The summed E-state index contributed by atoms with van der Waals surface area (Å²) in [6.07, 6.45) is 1.52. The van der Waals surface area contributed by atoms with Gasteiger partial charge in [0.2, 0.25) is 0 Å². The number of imidazole rings is 1. The Kier molecular flexibility index (Phi) is 7.78. The number of nitrogens with zero attached hydrogens (tertiary/aromatic N) is 5. The molecule has 2 heterocycles. The van der Waals surface area contributed by atoms with Crippen LogP contribution in [0.3, 0.4) is 0 Å². The fraction of sp³-hybridized carbons (Fsp3) is 0.250. The number of phenols is 2. The summed E-state index contributed by atoms with van der Waals surface area (Å²) in [5.41, 5.74) is 1.04. The lowest BCUT2D eigenvalue weighted by Gasteiger charge is -2.22. The van der Waals surface area contributed by atoms with Gasteiger partial charge in [-0.1, -0.05) is 30.3 Å². The molecule has 184 valence electrons. The van der Waals surface area contributed by atoms with Crippen molar-refractivity contribution in [2.75, 3.05) is 13.1 Å². The van der Waals surface area contributed by atoms with E-state index in [9.17, 15) is 24.6 Å². The summed E-state index contributed by atoms with van der Waals surface area (Å²) in [6, 6.07) is 13.7. The van der Waals surface area contributed by atoms with Gasteiger partial charge in [-0.2, -0.15) is 0 Å². The summed E-state index contributed by atoms with van der Waals surface area (Å²) in [5.74, 6) is -0.868. The van der Waals surface area contributed by atoms with E-state index in [-0.39, 0.29) is 41.8 Å². The van der Waals surface area contributed by atoms with E-state index in [4.69, 9.17) is 0 Å². The van der Waals surface area contributed by atoms with Crippen molar-refractivity contribution in [1.29, 1.82) is 0 Å². The number of rotatable bonds is 8. The van der Waals surface area contributed by atoms with Crippen molar-refractivity contribution in [3.8, 4) is 11.5 Å². The monoisotopic (exact) mass is 499 g/mol. The summed E-state index contributed by atoms with van der Waals surface area (Å²) >= 11 is 0. The fourth-order valence-electron chi connectivity index (χ4n) is 3.86. The second-order valence-corrected chi connectivity index (χ2v) is 8.14. The number of phenolic OH excluding ortho intramolecular Hbond substituents is 2. The lowest BCUT2D eigenvalue weighted by Crippen LogP contribution is -2.38. The topological polar surface area (TPSA) is 123 Å². The van der Waals surface area contributed by atoms with E-state index >= 15 is 0 Å². The number of hydrogen-bond acceptors (Lipinski definition) is 7. The molecule has 0 unspecified atom stereocenters. The van der Waals surface area contributed by atoms with Crippen LogP contribution in [0.2, 0.25) is 0 Å². The van der Waals surface area contributed by atoms with E-state index in [1.807, 2.05) is 35.2 Å². The van der Waals surface area contributed by atoms with Gasteiger partial charge in [-0.15, -0.1) is 12.4 Å². The fourth-order valence-corrected chi connectivity index (χ4v) is 3.86. The Hall–Kier alpha value is -3.89. The second-order valence-electron chi connectivity index (χ2n) is 8.14. The molecule has 4 rings (SSSR count). The van der Waals surface area contributed by atoms with Gasteiger partial charge in [-0.3, -0.25) is 23.6 Å². The van der Waals surface area contributed by atoms with Gasteiger partial charge < -0.3 is 14.8 Å². The number of ketones is 1. The molecule has 10 nitrogen and oxygen atoms in total. The van der Waals surface area contributed by atoms with Gasteiger partial charge in [-0.05, 0) is 23.8 Å². The molecule has 35 heavy (non-hydrogen) atoms. The van der Waals surface area contributed by atoms with Crippen LogP contribution >= 0.6 is 12.4 Å². The minimum absolute atomic E-state index is 0. The smallest absolute Gasteiger partial charge is 0.332 e. The van der Waals surface area contributed by atoms with E-state index in [2.05, 4.69) is 4.98 Å². The van der Waals surface area contributed by atoms with Gasteiger partial charge >= 0.3 is 5.69 Å². The third-order valence-corrected chi connectivity index (χ3v) is 5.79. The summed E-state index contributed by atoms with van der Waals surface area (Å²) in [4.78, 5) is 44.0. The summed E-state index contributed by atoms with van der Waals surface area (Å²) in [7, 11) is 2.99. The molecule has 0 bridgehead atoms. The third-order valence-electron chi connectivity index (χ3n) is 5.79. The predicted molar refractivity (Wildman–Crippen MR) is 133 cm³/mol. The van der Waals surface area contributed by atoms with Crippen LogP contribution in [-0.2, 0) is 27.2 Å². The van der Waals surface area contributed by atoms with E-state index in [1.165, 1.54) is 36.1 Å². The Morgan fingerprint density at radius 3 is 2.40 bits per heavy atom. The first-order chi connectivity index (χ1) is 16.3. The molecule has 0 spiro atoms. The highest BCUT2D eigenvalue weighted by molar-refractivity contribution is 5.98. The molecule has 0 fully saturated rings. The highest BCUT2D eigenvalue weighted by Crippen LogP contribution is 2.25. The molecule has 0 saturated heterocycles. The van der Waals surface area contributed by atoms with Gasteiger partial charge in [0.05, 0.1) is 12.9 Å². The third kappa shape index (κ3) is 5.28. The Bertz CT molecular complexity index is 1480. The van der Waals surface area contributed by atoms with Gasteiger partial charge in [0.15, 0.2) is 28.4 Å². The average molecular weight is 500 g/mol. The molecule has 11 heteroatoms. The minimum Gasteiger partial charge on any atom is -0.504 e. The normalized spacial score (nSPS) is 11.1. The van der Waals surface area contributed by atoms with E-state index < -0.39 is 11.2 Å². The Morgan fingerprint density at radius 2 is 1.71 bits per heavy atom. The molecule has 2 aromatic heterocycles. The SMILES string of the molecule is Cl.Cn1c(=O)c2c(ncn2CCN(CC(=O)c2ccc(O)c(O)c2)Cc2ccccc2)n(C)c1=O. The quantitative estimate of drug-likeness (QED) is 0.279. The minimum atomic E-state index is -0.448. The van der Waals surface area contributed by atoms with Crippen molar-refractivity contribution < 1.29 is 15.0 Å². The van der Waals surface area contributed by atoms with Crippen molar-refractivity contribution in [2.45, 2.75) is 13.1 Å². The predicted octanol–water partition coefficient (Wildman–Crippen LogP) is 1.65. The molecule has 0 atom stereocenters. The molecule has 0 aliphatic carbocycles. The zero-order chi connectivity index (χ0) is 24.4. The van der Waals surface area contributed by atoms with E-state index in [0.717, 1.165) is 10.1 Å². The van der Waals surface area contributed by atoms with Crippen LogP contribution in [0.4, 0.5) is 0 Å². The van der Waals surface area contributed by atoms with Crippen LogP contribution in [0.5, 0.6) is 11.5 Å². The molecule has 0 aliphatic rings. The van der Waals surface area contributed by atoms with Gasteiger partial charge in [0.25, 0.3) is 5.56 Å². The van der Waals surface area contributed by atoms with Crippen molar-refractivity contribution in [3.05, 3.63) is 86.8 Å². The van der Waals surface area contributed by atoms with Crippen molar-refractivity contribution in [3.63, 3.8) is 0 Å². The number of Topliss-reactive ketones (excluding diaryl/α,β-unsaturated/α-hetero) is 1. The lowest BCUT2D eigenvalue weighted by molar-refractivity contribution is 0.0922. The summed E-state index contributed by atoms with van der Waals surface area (Å²) in [6.45, 7) is 1.33. The first-order valence-electron chi connectivity index (χ1n) is 10.7. The van der Waals surface area contributed by atoms with Gasteiger partial charge in [0, 0.05) is 39.3 Å². The molecule has 2 aromatic carbocycles. The molecule has 0 aliphatic heterocycles. The van der Waals surface area contributed by atoms with Crippen LogP contribution in [0, 0.1) is 0 Å². The Morgan fingerprint density at radius 1 is 1.00 bits per heavy atom. The molecule has 0 amide bonds. The summed E-state index contributed by atoms with van der Waals surface area (Å²) in [5, 5.41) is 19.3. The number of aromatic hydroxyl groups is 2. The van der Waals surface area contributed by atoms with Crippen molar-refractivity contribution in [1.82, 2.24) is 23.6 Å². The maximum Gasteiger partial charge on any atom is 0.332 e. The zero-order valence-corrected chi connectivity index (χ0v) is 20.1. The summed E-state index contributed by atoms with van der Waals surface area (Å²) < 4.78 is 4.06. The number of aryl methyl sites for hydroxylation is 1. The molecule has 0 saturated carbocycles. The standard InChI is InChI=1S/C24H25N5O5.ClH/c1-26-22-21(23(33)27(2)24(26)34)29(15-25-22)11-10-28(13-16-6-4-3-5-7-16)14-20(32)17-8-9-18(30)19(31)12-17;/h3-9,12,15,30-31H,10-11,13-14H2,1-2H3;1H. The number of fused-ring (bicyclic) bond motifs is 1. The van der Waals surface area contributed by atoms with Gasteiger partial charge in [0.1, 0.15) is 0 Å². The highest BCUT2D eigenvalue weighted by Gasteiger charge is 2.18. The van der Waals surface area contributed by atoms with Gasteiger partial charge in [-0.25, -0.2) is 9.78 Å². The Balaban J connectivity index is 0.00000342. The number of hydrogen-bond donors (Lipinski definition) is 2. The first-order valence-corrected chi connectivity index (χ1v) is 10.7. The molecular formula is C24H26ClN5O5. The van der Waals surface area contributed by atoms with Crippen LogP contribution in [0.25, 0.3) is 11.2 Å². The number of aromatic nitrogens is 4. The number of halogens is 1. The maximum atomic E-state index is 12.9.